The SMILES string of the molecule is O=C(CCCCCCCC(=O)Nc1ccc(C(C(=O)Nc2cccc3cccnc23)C(=O)Nc2cccc3cccnc23)cc1)NO. The minimum absolute atomic E-state index is 0.142. The van der Waals surface area contributed by atoms with Crippen LogP contribution in [-0.4, -0.2) is 38.8 Å². The van der Waals surface area contributed by atoms with E-state index in [-0.39, 0.29) is 12.3 Å². The highest BCUT2D eigenvalue weighted by molar-refractivity contribution is 6.17. The molecular formula is C36H36N6O5. The number of unbranched alkanes of at least 4 members (excludes halogenated alkanes) is 4. The van der Waals surface area contributed by atoms with Gasteiger partial charge in [-0.15, -0.1) is 0 Å². The number of nitrogens with zero attached hydrogens (tertiary/aromatic N) is 2. The van der Waals surface area contributed by atoms with E-state index >= 15 is 0 Å². The van der Waals surface area contributed by atoms with Gasteiger partial charge in [0.2, 0.25) is 23.6 Å². The lowest BCUT2D eigenvalue weighted by Crippen LogP contribution is -2.32. The van der Waals surface area contributed by atoms with Gasteiger partial charge in [-0.05, 0) is 54.8 Å². The van der Waals surface area contributed by atoms with Crippen LogP contribution >= 0.6 is 0 Å². The predicted octanol–water partition coefficient (Wildman–Crippen LogP) is 6.32. The normalized spacial score (nSPS) is 10.9. The van der Waals surface area contributed by atoms with Crippen molar-refractivity contribution in [1.82, 2.24) is 15.4 Å². The van der Waals surface area contributed by atoms with Gasteiger partial charge < -0.3 is 16.0 Å². The number of rotatable bonds is 14. The molecule has 4 amide bonds. The highest BCUT2D eigenvalue weighted by Crippen LogP contribution is 2.28. The van der Waals surface area contributed by atoms with Gasteiger partial charge in [-0.3, -0.25) is 34.4 Å². The molecule has 0 radical (unpaired) electrons. The Morgan fingerprint density at radius 3 is 1.60 bits per heavy atom. The number of aromatic nitrogens is 2. The van der Waals surface area contributed by atoms with Gasteiger partial charge >= 0.3 is 0 Å². The molecule has 11 nitrogen and oxygen atoms in total. The number of carbonyl (C=O) groups is 4. The summed E-state index contributed by atoms with van der Waals surface area (Å²) in [6.45, 7) is 0. The molecule has 0 aliphatic carbocycles. The maximum Gasteiger partial charge on any atom is 0.243 e. The summed E-state index contributed by atoms with van der Waals surface area (Å²) in [7, 11) is 0. The van der Waals surface area contributed by atoms with Gasteiger partial charge in [0.1, 0.15) is 5.92 Å². The number of hydroxylamine groups is 1. The topological polar surface area (TPSA) is 162 Å². The number of para-hydroxylation sites is 2. The summed E-state index contributed by atoms with van der Waals surface area (Å²) in [5, 5.41) is 18.9. The highest BCUT2D eigenvalue weighted by Gasteiger charge is 2.30. The lowest BCUT2D eigenvalue weighted by atomic mass is 9.96. The van der Waals surface area contributed by atoms with Crippen LogP contribution in [-0.2, 0) is 19.2 Å². The number of amides is 4. The number of nitrogens with one attached hydrogen (secondary N) is 4. The van der Waals surface area contributed by atoms with Gasteiger partial charge in [-0.2, -0.15) is 0 Å². The molecule has 11 heteroatoms. The van der Waals surface area contributed by atoms with Crippen molar-refractivity contribution in [2.24, 2.45) is 0 Å². The van der Waals surface area contributed by atoms with Crippen molar-refractivity contribution in [2.75, 3.05) is 16.0 Å². The number of fused-ring (bicyclic) bond motifs is 2. The molecule has 2 heterocycles. The molecule has 2 aromatic heterocycles. The third kappa shape index (κ3) is 8.74. The number of pyridine rings is 2. The fourth-order valence-corrected chi connectivity index (χ4v) is 5.38. The van der Waals surface area contributed by atoms with Crippen LogP contribution in [0.15, 0.2) is 97.3 Å². The fraction of sp³-hybridized carbons (Fsp3) is 0.222. The molecule has 0 unspecified atom stereocenters. The van der Waals surface area contributed by atoms with Gasteiger partial charge in [0.15, 0.2) is 0 Å². The van der Waals surface area contributed by atoms with Crippen LogP contribution in [0.3, 0.4) is 0 Å². The van der Waals surface area contributed by atoms with Crippen molar-refractivity contribution in [3.05, 3.63) is 103 Å². The van der Waals surface area contributed by atoms with E-state index in [1.807, 2.05) is 48.5 Å². The van der Waals surface area contributed by atoms with Crippen LogP contribution in [0.25, 0.3) is 21.8 Å². The second-order valence-electron chi connectivity index (χ2n) is 11.1. The lowest BCUT2D eigenvalue weighted by molar-refractivity contribution is -0.129. The maximum absolute atomic E-state index is 13.9. The number of carbonyl (C=O) groups excluding carboxylic acids is 4. The van der Waals surface area contributed by atoms with E-state index in [0.717, 1.165) is 30.0 Å². The maximum atomic E-state index is 13.9. The first-order chi connectivity index (χ1) is 22.9. The second-order valence-corrected chi connectivity index (χ2v) is 11.1. The van der Waals surface area contributed by atoms with E-state index in [1.165, 1.54) is 0 Å². The molecule has 5 N–H and O–H groups in total. The zero-order valence-electron chi connectivity index (χ0n) is 25.7. The van der Waals surface area contributed by atoms with Crippen LogP contribution in [0.2, 0.25) is 0 Å². The molecule has 0 aliphatic rings. The van der Waals surface area contributed by atoms with E-state index in [9.17, 15) is 19.2 Å². The van der Waals surface area contributed by atoms with Gasteiger partial charge in [-0.25, -0.2) is 5.48 Å². The number of anilines is 3. The Morgan fingerprint density at radius 2 is 1.06 bits per heavy atom. The minimum atomic E-state index is -1.24. The predicted molar refractivity (Wildman–Crippen MR) is 181 cm³/mol. The summed E-state index contributed by atoms with van der Waals surface area (Å²) in [5.74, 6) is -2.85. The van der Waals surface area contributed by atoms with Crippen molar-refractivity contribution in [1.29, 1.82) is 0 Å². The first-order valence-electron chi connectivity index (χ1n) is 15.5. The zero-order valence-corrected chi connectivity index (χ0v) is 25.7. The molecule has 47 heavy (non-hydrogen) atoms. The number of benzene rings is 3. The van der Waals surface area contributed by atoms with Gasteiger partial charge in [0.05, 0.1) is 22.4 Å². The molecule has 5 rings (SSSR count). The molecule has 0 saturated carbocycles. The van der Waals surface area contributed by atoms with Crippen molar-refractivity contribution >= 4 is 62.5 Å². The second kappa shape index (κ2) is 16.1. The third-order valence-electron chi connectivity index (χ3n) is 7.77. The average molecular weight is 633 g/mol. The fourth-order valence-electron chi connectivity index (χ4n) is 5.38. The lowest BCUT2D eigenvalue weighted by Gasteiger charge is -2.19. The smallest absolute Gasteiger partial charge is 0.243 e. The highest BCUT2D eigenvalue weighted by atomic mass is 16.5. The molecule has 0 saturated heterocycles. The Balaban J connectivity index is 1.28. The van der Waals surface area contributed by atoms with E-state index in [1.54, 1.807) is 54.3 Å². The molecule has 0 bridgehead atoms. The molecule has 240 valence electrons. The number of hydrogen-bond donors (Lipinski definition) is 5. The van der Waals surface area contributed by atoms with Crippen LogP contribution in [0.4, 0.5) is 17.1 Å². The summed E-state index contributed by atoms with van der Waals surface area (Å²) < 4.78 is 0. The van der Waals surface area contributed by atoms with Crippen LogP contribution in [0.5, 0.6) is 0 Å². The van der Waals surface area contributed by atoms with Gasteiger partial charge in [-0.1, -0.05) is 67.8 Å². The summed E-state index contributed by atoms with van der Waals surface area (Å²) >= 11 is 0. The Morgan fingerprint density at radius 1 is 0.574 bits per heavy atom. The van der Waals surface area contributed by atoms with Crippen LogP contribution in [0, 0.1) is 0 Å². The van der Waals surface area contributed by atoms with E-state index < -0.39 is 23.6 Å². The Labute approximate surface area is 271 Å². The monoisotopic (exact) mass is 632 g/mol. The Kier molecular flexibility index (Phi) is 11.2. The van der Waals surface area contributed by atoms with Crippen LogP contribution in [0.1, 0.15) is 56.4 Å². The summed E-state index contributed by atoms with van der Waals surface area (Å²) in [5.41, 5.74) is 4.78. The van der Waals surface area contributed by atoms with Crippen molar-refractivity contribution < 1.29 is 24.4 Å². The Hall–Kier alpha value is -5.68. The quantitative estimate of drug-likeness (QED) is 0.0414. The largest absolute Gasteiger partial charge is 0.326 e. The first-order valence-corrected chi connectivity index (χ1v) is 15.5. The molecule has 3 aromatic carbocycles. The summed E-state index contributed by atoms with van der Waals surface area (Å²) in [6, 6.07) is 25.0. The Bertz CT molecular complexity index is 1770. The van der Waals surface area contributed by atoms with Gasteiger partial charge in [0, 0.05) is 41.7 Å². The van der Waals surface area contributed by atoms with E-state index in [0.29, 0.717) is 52.9 Å². The average Bonchev–Trinajstić information content (AvgIpc) is 3.09. The van der Waals surface area contributed by atoms with Crippen LogP contribution < -0.4 is 21.4 Å². The van der Waals surface area contributed by atoms with E-state index in [4.69, 9.17) is 5.21 Å². The molecule has 0 atom stereocenters. The molecule has 0 aliphatic heterocycles. The van der Waals surface area contributed by atoms with Crippen molar-refractivity contribution in [3.8, 4) is 0 Å². The summed E-state index contributed by atoms with van der Waals surface area (Å²) in [6.07, 6.45) is 7.85. The summed E-state index contributed by atoms with van der Waals surface area (Å²) in [4.78, 5) is 60.2. The molecular weight excluding hydrogens is 596 g/mol. The van der Waals surface area contributed by atoms with Crippen molar-refractivity contribution in [2.45, 2.75) is 50.9 Å². The first kappa shape index (κ1) is 32.7. The molecule has 0 fully saturated rings. The van der Waals surface area contributed by atoms with Gasteiger partial charge in [0.25, 0.3) is 0 Å². The number of hydrogen-bond acceptors (Lipinski definition) is 7. The zero-order chi connectivity index (χ0) is 33.0. The minimum Gasteiger partial charge on any atom is -0.326 e. The third-order valence-corrected chi connectivity index (χ3v) is 7.77. The molecule has 5 aromatic rings. The standard InChI is InChI=1S/C36H36N6O5/c43-30(16-4-2-1-3-5-17-31(44)42-47)39-27-20-18-24(19-21-27)32(35(45)40-28-14-6-10-25-12-8-22-37-33(25)28)36(46)41-29-15-7-11-26-13-9-23-38-34(26)29/h6-15,18-23,32,47H,1-5,16-17H2,(H,39,43)(H,40,45)(H,41,46)(H,42,44). The van der Waals surface area contributed by atoms with Crippen molar-refractivity contribution in [3.63, 3.8) is 0 Å². The van der Waals surface area contributed by atoms with E-state index in [2.05, 4.69) is 25.9 Å². The molecule has 0 spiro atoms.